The summed E-state index contributed by atoms with van der Waals surface area (Å²) in [4.78, 5) is 12.9. The maximum atomic E-state index is 14.7. The van der Waals surface area contributed by atoms with Crippen molar-refractivity contribution in [1.29, 1.82) is 0 Å². The number of para-hydroxylation sites is 1. The lowest BCUT2D eigenvalue weighted by molar-refractivity contribution is 0.479. The Bertz CT molecular complexity index is 1130. The van der Waals surface area contributed by atoms with E-state index < -0.39 is 5.82 Å². The lowest BCUT2D eigenvalue weighted by Gasteiger charge is -2.13. The number of aromatic nitrogens is 3. The molecular formula is C21H18FN5O. The third-order valence-corrected chi connectivity index (χ3v) is 4.12. The first-order chi connectivity index (χ1) is 13.7. The third-order valence-electron chi connectivity index (χ3n) is 4.12. The number of nitrogens with zero attached hydrogens (tertiary/aromatic N) is 3. The van der Waals surface area contributed by atoms with Gasteiger partial charge in [0.25, 0.3) is 0 Å². The molecule has 7 heteroatoms. The van der Waals surface area contributed by atoms with Gasteiger partial charge in [-0.25, -0.2) is 9.37 Å². The van der Waals surface area contributed by atoms with Gasteiger partial charge < -0.3 is 15.8 Å². The summed E-state index contributed by atoms with van der Waals surface area (Å²) in [5, 5.41) is 3.85. The Kier molecular flexibility index (Phi) is 4.72. The standard InChI is InChI=1S/C21H18FN5O/c1-2-24-19-14-11-12-16(25-20(14)27-21(23)26-19)18-15(22)9-6-10-17(18)28-13-7-4-3-5-8-13/h3-12H,2H2,1H3,(H3,23,24,25,26,27). The van der Waals surface area contributed by atoms with Gasteiger partial charge in [-0.15, -0.1) is 0 Å². The normalized spacial score (nSPS) is 10.8. The number of fused-ring (bicyclic) bond motifs is 1. The van der Waals surface area contributed by atoms with Gasteiger partial charge in [0.05, 0.1) is 16.6 Å². The summed E-state index contributed by atoms with van der Waals surface area (Å²) in [5.41, 5.74) is 6.85. The summed E-state index contributed by atoms with van der Waals surface area (Å²) in [6, 6.07) is 17.4. The van der Waals surface area contributed by atoms with E-state index >= 15 is 0 Å². The summed E-state index contributed by atoms with van der Waals surface area (Å²) in [7, 11) is 0. The molecule has 0 saturated carbocycles. The largest absolute Gasteiger partial charge is 0.457 e. The fourth-order valence-electron chi connectivity index (χ4n) is 2.92. The zero-order valence-corrected chi connectivity index (χ0v) is 15.2. The van der Waals surface area contributed by atoms with Crippen molar-refractivity contribution in [3.05, 3.63) is 66.5 Å². The second-order valence-electron chi connectivity index (χ2n) is 6.06. The van der Waals surface area contributed by atoms with Crippen LogP contribution in [-0.4, -0.2) is 21.5 Å². The van der Waals surface area contributed by atoms with Gasteiger partial charge in [0, 0.05) is 6.54 Å². The third kappa shape index (κ3) is 3.42. The van der Waals surface area contributed by atoms with Crippen molar-refractivity contribution < 1.29 is 9.13 Å². The summed E-state index contributed by atoms with van der Waals surface area (Å²) in [6.45, 7) is 2.63. The highest BCUT2D eigenvalue weighted by Crippen LogP contribution is 2.35. The van der Waals surface area contributed by atoms with E-state index in [4.69, 9.17) is 10.5 Å². The van der Waals surface area contributed by atoms with Gasteiger partial charge in [-0.1, -0.05) is 24.3 Å². The van der Waals surface area contributed by atoms with Crippen LogP contribution >= 0.6 is 0 Å². The average Bonchev–Trinajstić information content (AvgIpc) is 2.68. The quantitative estimate of drug-likeness (QED) is 0.529. The van der Waals surface area contributed by atoms with E-state index in [0.717, 1.165) is 0 Å². The van der Waals surface area contributed by atoms with Crippen LogP contribution in [-0.2, 0) is 0 Å². The summed E-state index contributed by atoms with van der Waals surface area (Å²) < 4.78 is 20.6. The van der Waals surface area contributed by atoms with Gasteiger partial charge in [-0.2, -0.15) is 9.97 Å². The van der Waals surface area contributed by atoms with Crippen LogP contribution in [0.5, 0.6) is 11.5 Å². The number of ether oxygens (including phenoxy) is 1. The SMILES string of the molecule is CCNc1nc(N)nc2nc(-c3c(F)cccc3Oc3ccccc3)ccc12. The van der Waals surface area contributed by atoms with Crippen molar-refractivity contribution in [2.45, 2.75) is 6.92 Å². The molecule has 2 aromatic heterocycles. The van der Waals surface area contributed by atoms with E-state index in [9.17, 15) is 4.39 Å². The van der Waals surface area contributed by atoms with Gasteiger partial charge >= 0.3 is 0 Å². The van der Waals surface area contributed by atoms with Crippen molar-refractivity contribution in [3.8, 4) is 22.8 Å². The molecule has 0 unspecified atom stereocenters. The molecule has 0 amide bonds. The second kappa shape index (κ2) is 7.48. The molecule has 4 aromatic rings. The molecule has 2 heterocycles. The topological polar surface area (TPSA) is 86.0 Å². The molecule has 28 heavy (non-hydrogen) atoms. The van der Waals surface area contributed by atoms with Crippen LogP contribution in [0, 0.1) is 5.82 Å². The molecule has 140 valence electrons. The van der Waals surface area contributed by atoms with E-state index in [0.29, 0.717) is 40.6 Å². The molecule has 4 rings (SSSR count). The fourth-order valence-corrected chi connectivity index (χ4v) is 2.92. The van der Waals surface area contributed by atoms with E-state index in [1.165, 1.54) is 6.07 Å². The molecule has 6 nitrogen and oxygen atoms in total. The van der Waals surface area contributed by atoms with Crippen molar-refractivity contribution in [2.75, 3.05) is 17.6 Å². The Morgan fingerprint density at radius 1 is 0.964 bits per heavy atom. The maximum Gasteiger partial charge on any atom is 0.224 e. The molecular weight excluding hydrogens is 357 g/mol. The number of nitrogen functional groups attached to an aromatic ring is 1. The minimum Gasteiger partial charge on any atom is -0.457 e. The highest BCUT2D eigenvalue weighted by Gasteiger charge is 2.16. The highest BCUT2D eigenvalue weighted by atomic mass is 19.1. The van der Waals surface area contributed by atoms with Crippen molar-refractivity contribution >= 4 is 22.8 Å². The monoisotopic (exact) mass is 375 g/mol. The minimum absolute atomic E-state index is 0.0994. The summed E-state index contributed by atoms with van der Waals surface area (Å²) in [5.74, 6) is 1.23. The van der Waals surface area contributed by atoms with Crippen LogP contribution in [0.25, 0.3) is 22.3 Å². The van der Waals surface area contributed by atoms with E-state index in [2.05, 4.69) is 20.3 Å². The first-order valence-corrected chi connectivity index (χ1v) is 8.85. The lowest BCUT2D eigenvalue weighted by Crippen LogP contribution is -2.05. The average molecular weight is 375 g/mol. The fraction of sp³-hybridized carbons (Fsp3) is 0.0952. The molecule has 0 aliphatic heterocycles. The maximum absolute atomic E-state index is 14.7. The van der Waals surface area contributed by atoms with Crippen LogP contribution in [0.4, 0.5) is 16.2 Å². The molecule has 0 spiro atoms. The smallest absolute Gasteiger partial charge is 0.224 e. The molecule has 0 fully saturated rings. The van der Waals surface area contributed by atoms with E-state index in [-0.39, 0.29) is 11.5 Å². The second-order valence-corrected chi connectivity index (χ2v) is 6.06. The van der Waals surface area contributed by atoms with Gasteiger partial charge in [0.2, 0.25) is 5.95 Å². The molecule has 0 aliphatic carbocycles. The van der Waals surface area contributed by atoms with Gasteiger partial charge in [-0.3, -0.25) is 0 Å². The Hall–Kier alpha value is -3.74. The van der Waals surface area contributed by atoms with Crippen molar-refractivity contribution in [1.82, 2.24) is 15.0 Å². The number of rotatable bonds is 5. The number of benzene rings is 2. The number of hydrogen-bond donors (Lipinski definition) is 2. The van der Waals surface area contributed by atoms with Crippen LogP contribution < -0.4 is 15.8 Å². The minimum atomic E-state index is -0.436. The molecule has 0 bridgehead atoms. The molecule has 2 aromatic carbocycles. The number of nitrogens with one attached hydrogen (secondary N) is 1. The van der Waals surface area contributed by atoms with Gasteiger partial charge in [0.15, 0.2) is 5.65 Å². The van der Waals surface area contributed by atoms with Crippen molar-refractivity contribution in [2.24, 2.45) is 0 Å². The van der Waals surface area contributed by atoms with Crippen LogP contribution in [0.2, 0.25) is 0 Å². The molecule has 0 radical (unpaired) electrons. The molecule has 0 aliphatic rings. The number of pyridine rings is 1. The molecule has 0 saturated heterocycles. The van der Waals surface area contributed by atoms with Crippen molar-refractivity contribution in [3.63, 3.8) is 0 Å². The summed E-state index contributed by atoms with van der Waals surface area (Å²) >= 11 is 0. The Balaban J connectivity index is 1.84. The predicted molar refractivity (Wildman–Crippen MR) is 108 cm³/mol. The first-order valence-electron chi connectivity index (χ1n) is 8.85. The Morgan fingerprint density at radius 3 is 2.57 bits per heavy atom. The van der Waals surface area contributed by atoms with Crippen LogP contribution in [0.1, 0.15) is 6.92 Å². The number of halogens is 1. The predicted octanol–water partition coefficient (Wildman–Crippen LogP) is 4.64. The number of nitrogens with two attached hydrogens (primary N) is 1. The number of anilines is 2. The van der Waals surface area contributed by atoms with E-state index in [1.807, 2.05) is 25.1 Å². The zero-order valence-electron chi connectivity index (χ0n) is 15.2. The van der Waals surface area contributed by atoms with Gasteiger partial charge in [0.1, 0.15) is 23.1 Å². The Morgan fingerprint density at radius 2 is 1.79 bits per heavy atom. The number of hydrogen-bond acceptors (Lipinski definition) is 6. The van der Waals surface area contributed by atoms with Gasteiger partial charge in [-0.05, 0) is 43.3 Å². The zero-order chi connectivity index (χ0) is 19.5. The van der Waals surface area contributed by atoms with Crippen LogP contribution in [0.15, 0.2) is 60.7 Å². The van der Waals surface area contributed by atoms with E-state index in [1.54, 1.807) is 36.4 Å². The lowest BCUT2D eigenvalue weighted by atomic mass is 10.1. The highest BCUT2D eigenvalue weighted by molar-refractivity contribution is 5.89. The Labute approximate surface area is 161 Å². The molecule has 3 N–H and O–H groups in total. The summed E-state index contributed by atoms with van der Waals surface area (Å²) in [6.07, 6.45) is 0. The molecule has 0 atom stereocenters. The first kappa shape index (κ1) is 17.7. The van der Waals surface area contributed by atoms with Crippen LogP contribution in [0.3, 0.4) is 0 Å².